The smallest absolute Gasteiger partial charge is 0.237 e. The number of amides is 1. The van der Waals surface area contributed by atoms with Gasteiger partial charge in [0.25, 0.3) is 0 Å². The number of rotatable bonds is 6. The molecular weight excluding hydrogens is 300 g/mol. The summed E-state index contributed by atoms with van der Waals surface area (Å²) in [6.07, 6.45) is 1.22. The molecule has 3 N–H and O–H groups in total. The van der Waals surface area contributed by atoms with E-state index in [2.05, 4.69) is 5.32 Å². The lowest BCUT2D eigenvalue weighted by molar-refractivity contribution is -0.123. The Hall–Kier alpha value is -1.11. The fourth-order valence-corrected chi connectivity index (χ4v) is 2.53. The zero-order chi connectivity index (χ0) is 15.3. The van der Waals surface area contributed by atoms with Crippen molar-refractivity contribution in [2.45, 2.75) is 25.4 Å². The average molecular weight is 319 g/mol. The average Bonchev–Trinajstić information content (AvgIpc) is 2.34. The zero-order valence-electron chi connectivity index (χ0n) is 11.5. The molecule has 0 saturated carbocycles. The molecule has 0 spiro atoms. The van der Waals surface area contributed by atoms with Crippen molar-refractivity contribution < 1.29 is 13.2 Å². The van der Waals surface area contributed by atoms with Crippen molar-refractivity contribution in [1.29, 1.82) is 0 Å². The predicted octanol–water partition coefficient (Wildman–Crippen LogP) is 1.28. The van der Waals surface area contributed by atoms with E-state index < -0.39 is 15.9 Å². The van der Waals surface area contributed by atoms with Crippen molar-refractivity contribution in [2.75, 3.05) is 12.0 Å². The number of sulfone groups is 1. The van der Waals surface area contributed by atoms with E-state index in [9.17, 15) is 13.2 Å². The molecule has 2 unspecified atom stereocenters. The van der Waals surface area contributed by atoms with Gasteiger partial charge in [0.1, 0.15) is 9.84 Å². The molecule has 1 aromatic carbocycles. The Morgan fingerprint density at radius 1 is 1.45 bits per heavy atom. The lowest BCUT2D eigenvalue weighted by atomic mass is 10.1. The topological polar surface area (TPSA) is 89.3 Å². The summed E-state index contributed by atoms with van der Waals surface area (Å²) in [7, 11) is -3.12. The summed E-state index contributed by atoms with van der Waals surface area (Å²) in [6.45, 7) is 1.81. The van der Waals surface area contributed by atoms with E-state index in [1.54, 1.807) is 18.2 Å². The van der Waals surface area contributed by atoms with E-state index in [0.717, 1.165) is 11.8 Å². The third-order valence-corrected chi connectivity index (χ3v) is 4.06. The molecule has 0 aliphatic carbocycles. The third kappa shape index (κ3) is 5.90. The van der Waals surface area contributed by atoms with Gasteiger partial charge in [0.2, 0.25) is 5.91 Å². The van der Waals surface area contributed by atoms with Gasteiger partial charge in [0, 0.05) is 11.3 Å². The van der Waals surface area contributed by atoms with Crippen LogP contribution < -0.4 is 11.1 Å². The molecule has 0 fully saturated rings. The highest BCUT2D eigenvalue weighted by atomic mass is 35.5. The van der Waals surface area contributed by atoms with Gasteiger partial charge in [-0.25, -0.2) is 8.42 Å². The van der Waals surface area contributed by atoms with Crippen LogP contribution in [0.2, 0.25) is 5.02 Å². The molecule has 1 aromatic rings. The number of carbonyl (C=O) groups excluding carboxylic acids is 1. The van der Waals surface area contributed by atoms with Crippen LogP contribution in [0.25, 0.3) is 0 Å². The van der Waals surface area contributed by atoms with E-state index in [1.165, 1.54) is 0 Å². The van der Waals surface area contributed by atoms with E-state index in [0.29, 0.717) is 5.02 Å². The van der Waals surface area contributed by atoms with E-state index in [-0.39, 0.29) is 24.1 Å². The van der Waals surface area contributed by atoms with Crippen LogP contribution in [0.15, 0.2) is 24.3 Å². The van der Waals surface area contributed by atoms with Gasteiger partial charge in [-0.3, -0.25) is 4.79 Å². The fourth-order valence-electron chi connectivity index (χ4n) is 1.65. The van der Waals surface area contributed by atoms with Gasteiger partial charge >= 0.3 is 0 Å². The molecule has 112 valence electrons. The predicted molar refractivity (Wildman–Crippen MR) is 80.3 cm³/mol. The molecule has 2 atom stereocenters. The summed E-state index contributed by atoms with van der Waals surface area (Å²) < 4.78 is 22.1. The minimum absolute atomic E-state index is 0.104. The van der Waals surface area contributed by atoms with E-state index in [4.69, 9.17) is 17.3 Å². The van der Waals surface area contributed by atoms with Crippen molar-refractivity contribution in [3.8, 4) is 0 Å². The second-order valence-corrected chi connectivity index (χ2v) is 7.51. The van der Waals surface area contributed by atoms with Crippen molar-refractivity contribution in [3.63, 3.8) is 0 Å². The molecular formula is C13H19ClN2O3S. The summed E-state index contributed by atoms with van der Waals surface area (Å²) in [5.41, 5.74) is 6.54. The van der Waals surface area contributed by atoms with Gasteiger partial charge in [0.05, 0.1) is 17.8 Å². The van der Waals surface area contributed by atoms with Gasteiger partial charge in [-0.2, -0.15) is 0 Å². The Balaban J connectivity index is 2.57. The highest BCUT2D eigenvalue weighted by Gasteiger charge is 2.18. The zero-order valence-corrected chi connectivity index (χ0v) is 13.0. The first-order chi connectivity index (χ1) is 9.19. The highest BCUT2D eigenvalue weighted by Crippen LogP contribution is 2.17. The lowest BCUT2D eigenvalue weighted by Crippen LogP contribution is -2.42. The summed E-state index contributed by atoms with van der Waals surface area (Å²) >= 11 is 5.88. The van der Waals surface area contributed by atoms with Gasteiger partial charge in [-0.05, 0) is 31.0 Å². The number of nitrogens with one attached hydrogen (secondary N) is 1. The Labute approximate surface area is 124 Å². The lowest BCUT2D eigenvalue weighted by Gasteiger charge is -2.18. The van der Waals surface area contributed by atoms with Crippen molar-refractivity contribution >= 4 is 27.3 Å². The maximum atomic E-state index is 11.9. The second kappa shape index (κ2) is 7.06. The first-order valence-electron chi connectivity index (χ1n) is 6.18. The molecule has 1 amide bonds. The number of benzene rings is 1. The maximum absolute atomic E-state index is 11.9. The fraction of sp³-hybridized carbons (Fsp3) is 0.462. The molecule has 0 aromatic heterocycles. The van der Waals surface area contributed by atoms with Crippen molar-refractivity contribution in [1.82, 2.24) is 5.32 Å². The molecule has 0 bridgehead atoms. The molecule has 0 aliphatic heterocycles. The van der Waals surface area contributed by atoms with Gasteiger partial charge in [-0.1, -0.05) is 23.7 Å². The van der Waals surface area contributed by atoms with E-state index >= 15 is 0 Å². The molecule has 0 aliphatic rings. The van der Waals surface area contributed by atoms with Crippen LogP contribution in [0.5, 0.6) is 0 Å². The van der Waals surface area contributed by atoms with Gasteiger partial charge < -0.3 is 11.1 Å². The van der Waals surface area contributed by atoms with Crippen LogP contribution in [-0.2, 0) is 14.6 Å². The van der Waals surface area contributed by atoms with Crippen LogP contribution in [0.3, 0.4) is 0 Å². The first kappa shape index (κ1) is 16.9. The monoisotopic (exact) mass is 318 g/mol. The number of halogens is 1. The van der Waals surface area contributed by atoms with Gasteiger partial charge in [0.15, 0.2) is 0 Å². The number of hydrogen-bond donors (Lipinski definition) is 2. The van der Waals surface area contributed by atoms with Crippen LogP contribution in [-0.4, -0.2) is 32.4 Å². The Morgan fingerprint density at radius 2 is 2.10 bits per heavy atom. The van der Waals surface area contributed by atoms with E-state index in [1.807, 2.05) is 13.0 Å². The Kier molecular flexibility index (Phi) is 5.98. The normalized spacial score (nSPS) is 14.6. The second-order valence-electron chi connectivity index (χ2n) is 4.81. The molecule has 1 rings (SSSR count). The van der Waals surface area contributed by atoms with Crippen LogP contribution in [0.1, 0.15) is 24.9 Å². The molecule has 0 heterocycles. The minimum Gasteiger partial charge on any atom is -0.348 e. The van der Waals surface area contributed by atoms with Crippen molar-refractivity contribution in [3.05, 3.63) is 34.9 Å². The number of hydrogen-bond acceptors (Lipinski definition) is 4. The maximum Gasteiger partial charge on any atom is 0.237 e. The summed E-state index contributed by atoms with van der Waals surface area (Å²) in [4.78, 5) is 11.9. The van der Waals surface area contributed by atoms with Crippen LogP contribution >= 0.6 is 11.6 Å². The molecule has 7 heteroatoms. The quantitative estimate of drug-likeness (QED) is 0.827. The number of nitrogens with two attached hydrogens (primary N) is 1. The summed E-state index contributed by atoms with van der Waals surface area (Å²) in [5, 5.41) is 3.33. The third-order valence-electron chi connectivity index (χ3n) is 2.84. The summed E-state index contributed by atoms with van der Waals surface area (Å²) in [6, 6.07) is 6.06. The Bertz CT molecular complexity index is 575. The molecule has 0 saturated heterocycles. The molecule has 0 radical (unpaired) electrons. The largest absolute Gasteiger partial charge is 0.348 e. The first-order valence-corrected chi connectivity index (χ1v) is 8.62. The van der Waals surface area contributed by atoms with Gasteiger partial charge in [-0.15, -0.1) is 0 Å². The molecule has 20 heavy (non-hydrogen) atoms. The Morgan fingerprint density at radius 3 is 2.65 bits per heavy atom. The molecule has 5 nitrogen and oxygen atoms in total. The summed E-state index contributed by atoms with van der Waals surface area (Å²) in [5.74, 6) is -0.478. The highest BCUT2D eigenvalue weighted by molar-refractivity contribution is 7.90. The van der Waals surface area contributed by atoms with Crippen LogP contribution in [0, 0.1) is 0 Å². The SMILES string of the molecule is CC(NC(=O)C(N)CCS(C)(=O)=O)c1cccc(Cl)c1. The van der Waals surface area contributed by atoms with Crippen molar-refractivity contribution in [2.24, 2.45) is 5.73 Å². The minimum atomic E-state index is -3.12. The standard InChI is InChI=1S/C13H19ClN2O3S/c1-9(10-4-3-5-11(14)8-10)16-13(17)12(15)6-7-20(2,18)19/h3-5,8-9,12H,6-7,15H2,1-2H3,(H,16,17). The number of carbonyl (C=O) groups is 1. The van der Waals surface area contributed by atoms with Crippen LogP contribution in [0.4, 0.5) is 0 Å².